The molecule has 2 unspecified atom stereocenters. The van der Waals surface area contributed by atoms with Gasteiger partial charge in [-0.25, -0.2) is 9.97 Å². The molecule has 7 nitrogen and oxygen atoms in total. The number of hydrogen-bond donors (Lipinski definition) is 0. The molecule has 160 valence electrons. The topological polar surface area (TPSA) is 55.8 Å². The van der Waals surface area contributed by atoms with Crippen molar-refractivity contribution in [3.8, 4) is 0 Å². The number of carbonyl (C=O) groups excluding carboxylic acids is 1. The van der Waals surface area contributed by atoms with Crippen molar-refractivity contribution in [3.05, 3.63) is 18.0 Å². The van der Waals surface area contributed by atoms with E-state index in [0.717, 1.165) is 57.3 Å². The number of carbonyl (C=O) groups is 1. The number of anilines is 1. The van der Waals surface area contributed by atoms with E-state index < -0.39 is 0 Å². The number of rotatable bonds is 5. The second-order valence-corrected chi connectivity index (χ2v) is 9.49. The van der Waals surface area contributed by atoms with E-state index >= 15 is 0 Å². The molecule has 1 aromatic rings. The lowest BCUT2D eigenvalue weighted by Crippen LogP contribution is -2.56. The van der Waals surface area contributed by atoms with E-state index in [0.29, 0.717) is 18.1 Å². The molecule has 3 aliphatic heterocycles. The molecule has 0 aliphatic carbocycles. The summed E-state index contributed by atoms with van der Waals surface area (Å²) in [4.78, 5) is 31.1. The highest BCUT2D eigenvalue weighted by Crippen LogP contribution is 2.33. The monoisotopic (exact) mass is 400 g/mol. The van der Waals surface area contributed by atoms with Crippen molar-refractivity contribution in [1.82, 2.24) is 24.7 Å². The van der Waals surface area contributed by atoms with Crippen LogP contribution in [-0.4, -0.2) is 88.0 Å². The maximum Gasteiger partial charge on any atom is 0.225 e. The predicted octanol–water partition coefficient (Wildman–Crippen LogP) is 1.84. The SMILES string of the molecule is CC(C)C(=O)N1CCN(Cc2cnc(N3C4CCC3CN(C(C)C)C4)nc2)CC1. The lowest BCUT2D eigenvalue weighted by atomic mass is 10.1. The number of aromatic nitrogens is 2. The van der Waals surface area contributed by atoms with Crippen LogP contribution in [0, 0.1) is 5.92 Å². The number of amides is 1. The van der Waals surface area contributed by atoms with Crippen LogP contribution in [0.2, 0.25) is 0 Å². The molecule has 0 radical (unpaired) electrons. The van der Waals surface area contributed by atoms with E-state index in [1.807, 2.05) is 31.1 Å². The first-order valence-electron chi connectivity index (χ1n) is 11.3. The van der Waals surface area contributed by atoms with Crippen LogP contribution in [0.3, 0.4) is 0 Å². The Hall–Kier alpha value is -1.73. The summed E-state index contributed by atoms with van der Waals surface area (Å²) in [7, 11) is 0. The Kier molecular flexibility index (Phi) is 6.06. The molecule has 2 bridgehead atoms. The van der Waals surface area contributed by atoms with Crippen LogP contribution in [0.15, 0.2) is 12.4 Å². The maximum atomic E-state index is 12.1. The first kappa shape index (κ1) is 20.5. The summed E-state index contributed by atoms with van der Waals surface area (Å²) in [6, 6.07) is 1.71. The molecular weight excluding hydrogens is 364 g/mol. The van der Waals surface area contributed by atoms with Crippen LogP contribution in [0.4, 0.5) is 5.95 Å². The van der Waals surface area contributed by atoms with Gasteiger partial charge in [0.15, 0.2) is 0 Å². The smallest absolute Gasteiger partial charge is 0.225 e. The van der Waals surface area contributed by atoms with Crippen LogP contribution >= 0.6 is 0 Å². The molecule has 0 aromatic carbocycles. The standard InChI is InChI=1S/C22H36N6O/c1-16(2)21(29)26-9-7-25(8-10-26)13-18-11-23-22(24-12-18)28-19-5-6-20(28)15-27(14-19)17(3)4/h11-12,16-17,19-20H,5-10,13-15H2,1-4H3. The molecule has 3 saturated heterocycles. The minimum Gasteiger partial charge on any atom is -0.340 e. The lowest BCUT2D eigenvalue weighted by Gasteiger charge is -2.42. The number of hydrogen-bond acceptors (Lipinski definition) is 6. The quantitative estimate of drug-likeness (QED) is 0.752. The van der Waals surface area contributed by atoms with Gasteiger partial charge >= 0.3 is 0 Å². The van der Waals surface area contributed by atoms with Gasteiger partial charge in [0.25, 0.3) is 0 Å². The third kappa shape index (κ3) is 4.40. The van der Waals surface area contributed by atoms with Crippen molar-refractivity contribution < 1.29 is 4.79 Å². The van der Waals surface area contributed by atoms with Gasteiger partial charge in [-0.2, -0.15) is 0 Å². The Bertz CT molecular complexity index is 684. The van der Waals surface area contributed by atoms with Gasteiger partial charge in [0.1, 0.15) is 0 Å². The average Bonchev–Trinajstić information content (AvgIpc) is 2.97. The van der Waals surface area contributed by atoms with Crippen molar-refractivity contribution in [2.24, 2.45) is 5.92 Å². The summed E-state index contributed by atoms with van der Waals surface area (Å²) in [6.45, 7) is 15.1. The molecule has 3 fully saturated rings. The molecule has 4 heterocycles. The van der Waals surface area contributed by atoms with Crippen molar-refractivity contribution in [2.75, 3.05) is 44.2 Å². The zero-order valence-corrected chi connectivity index (χ0v) is 18.4. The summed E-state index contributed by atoms with van der Waals surface area (Å²) in [5, 5.41) is 0. The van der Waals surface area contributed by atoms with Gasteiger partial charge in [-0.05, 0) is 26.7 Å². The highest BCUT2D eigenvalue weighted by molar-refractivity contribution is 5.78. The zero-order valence-electron chi connectivity index (χ0n) is 18.4. The van der Waals surface area contributed by atoms with Gasteiger partial charge in [-0.1, -0.05) is 13.8 Å². The molecule has 0 N–H and O–H groups in total. The highest BCUT2D eigenvalue weighted by atomic mass is 16.2. The maximum absolute atomic E-state index is 12.1. The minimum absolute atomic E-state index is 0.0835. The molecule has 0 saturated carbocycles. The van der Waals surface area contributed by atoms with Crippen LogP contribution in [0.25, 0.3) is 0 Å². The summed E-state index contributed by atoms with van der Waals surface area (Å²) in [5.74, 6) is 1.25. The lowest BCUT2D eigenvalue weighted by molar-refractivity contribution is -0.136. The van der Waals surface area contributed by atoms with Crippen LogP contribution in [0.5, 0.6) is 0 Å². The minimum atomic E-state index is 0.0835. The fourth-order valence-electron chi connectivity index (χ4n) is 5.00. The Morgan fingerprint density at radius 3 is 2.10 bits per heavy atom. The predicted molar refractivity (Wildman–Crippen MR) is 115 cm³/mol. The van der Waals surface area contributed by atoms with Gasteiger partial charge in [0, 0.05) is 87.8 Å². The molecule has 0 spiro atoms. The third-order valence-electron chi connectivity index (χ3n) is 6.75. The Morgan fingerprint density at radius 1 is 1.00 bits per heavy atom. The van der Waals surface area contributed by atoms with E-state index in [2.05, 4.69) is 28.5 Å². The largest absolute Gasteiger partial charge is 0.340 e. The van der Waals surface area contributed by atoms with E-state index in [9.17, 15) is 4.79 Å². The first-order chi connectivity index (χ1) is 13.9. The van der Waals surface area contributed by atoms with Gasteiger partial charge < -0.3 is 9.80 Å². The summed E-state index contributed by atoms with van der Waals surface area (Å²) in [6.07, 6.45) is 6.50. The van der Waals surface area contributed by atoms with Crippen LogP contribution in [-0.2, 0) is 11.3 Å². The number of nitrogens with zero attached hydrogens (tertiary/aromatic N) is 6. The first-order valence-corrected chi connectivity index (χ1v) is 11.3. The van der Waals surface area contributed by atoms with Crippen molar-refractivity contribution >= 4 is 11.9 Å². The van der Waals surface area contributed by atoms with Crippen molar-refractivity contribution in [3.63, 3.8) is 0 Å². The fraction of sp³-hybridized carbons (Fsp3) is 0.773. The normalized spacial score (nSPS) is 26.0. The molecule has 2 atom stereocenters. The average molecular weight is 401 g/mol. The third-order valence-corrected chi connectivity index (χ3v) is 6.75. The van der Waals surface area contributed by atoms with Gasteiger partial charge in [-0.3, -0.25) is 14.6 Å². The summed E-state index contributed by atoms with van der Waals surface area (Å²) >= 11 is 0. The Morgan fingerprint density at radius 2 is 1.59 bits per heavy atom. The number of likely N-dealkylation sites (tertiary alicyclic amines) is 1. The van der Waals surface area contributed by atoms with Crippen molar-refractivity contribution in [2.45, 2.75) is 65.2 Å². The molecule has 4 rings (SSSR count). The molecule has 7 heteroatoms. The van der Waals surface area contributed by atoms with Crippen LogP contribution in [0.1, 0.15) is 46.1 Å². The van der Waals surface area contributed by atoms with E-state index in [-0.39, 0.29) is 11.8 Å². The zero-order chi connectivity index (χ0) is 20.5. The number of fused-ring (bicyclic) bond motifs is 2. The molecular formula is C22H36N6O. The Labute approximate surface area is 175 Å². The fourth-order valence-corrected chi connectivity index (χ4v) is 5.00. The molecule has 29 heavy (non-hydrogen) atoms. The summed E-state index contributed by atoms with van der Waals surface area (Å²) < 4.78 is 0. The van der Waals surface area contributed by atoms with E-state index in [1.165, 1.54) is 12.8 Å². The molecule has 1 aromatic heterocycles. The number of piperazine rings is 2. The highest BCUT2D eigenvalue weighted by Gasteiger charge is 2.41. The van der Waals surface area contributed by atoms with Gasteiger partial charge in [0.2, 0.25) is 11.9 Å². The van der Waals surface area contributed by atoms with E-state index in [1.54, 1.807) is 0 Å². The molecule has 3 aliphatic rings. The Balaban J connectivity index is 1.32. The van der Waals surface area contributed by atoms with Gasteiger partial charge in [0.05, 0.1) is 0 Å². The second-order valence-electron chi connectivity index (χ2n) is 9.49. The van der Waals surface area contributed by atoms with Crippen LogP contribution < -0.4 is 4.90 Å². The van der Waals surface area contributed by atoms with Crippen molar-refractivity contribution in [1.29, 1.82) is 0 Å². The van der Waals surface area contributed by atoms with Gasteiger partial charge in [-0.15, -0.1) is 0 Å². The summed E-state index contributed by atoms with van der Waals surface area (Å²) in [5.41, 5.74) is 1.16. The second kappa shape index (κ2) is 8.56. The van der Waals surface area contributed by atoms with E-state index in [4.69, 9.17) is 9.97 Å². The molecule has 1 amide bonds.